The van der Waals surface area contributed by atoms with Crippen LogP contribution < -0.4 is 14.8 Å². The van der Waals surface area contributed by atoms with Crippen LogP contribution in [0.3, 0.4) is 0 Å². The highest BCUT2D eigenvalue weighted by Crippen LogP contribution is 2.36. The molecule has 0 bridgehead atoms. The molecule has 3 rings (SSSR count). The maximum atomic E-state index is 12.4. The average molecular weight is 291 g/mol. The first-order valence-corrected chi connectivity index (χ1v) is 7.48. The van der Waals surface area contributed by atoms with E-state index >= 15 is 0 Å². The number of benzene rings is 1. The van der Waals surface area contributed by atoms with Crippen molar-refractivity contribution in [2.45, 2.75) is 38.3 Å². The molecule has 1 aliphatic carbocycles. The SMILES string of the molecule is CCOC(=O)C(C)(NC1CC1)c1ccc2c(c1)OCCO2. The van der Waals surface area contributed by atoms with Gasteiger partial charge in [-0.05, 0) is 44.4 Å². The summed E-state index contributed by atoms with van der Waals surface area (Å²) in [4.78, 5) is 12.4. The molecule has 1 unspecified atom stereocenters. The predicted molar refractivity (Wildman–Crippen MR) is 77.6 cm³/mol. The van der Waals surface area contributed by atoms with Crippen molar-refractivity contribution in [1.82, 2.24) is 5.32 Å². The molecule has 0 spiro atoms. The van der Waals surface area contributed by atoms with Crippen LogP contribution in [0.1, 0.15) is 32.3 Å². The maximum Gasteiger partial charge on any atom is 0.330 e. The van der Waals surface area contributed by atoms with Gasteiger partial charge in [-0.25, -0.2) is 4.79 Å². The summed E-state index contributed by atoms with van der Waals surface area (Å²) in [5.74, 6) is 1.16. The summed E-state index contributed by atoms with van der Waals surface area (Å²) in [6.45, 7) is 5.14. The van der Waals surface area contributed by atoms with Crippen molar-refractivity contribution in [3.63, 3.8) is 0 Å². The van der Waals surface area contributed by atoms with Gasteiger partial charge in [0, 0.05) is 6.04 Å². The lowest BCUT2D eigenvalue weighted by Crippen LogP contribution is -2.48. The van der Waals surface area contributed by atoms with Crippen LogP contribution in [0.5, 0.6) is 11.5 Å². The molecule has 0 amide bonds. The molecule has 0 aromatic heterocycles. The van der Waals surface area contributed by atoms with Crippen LogP contribution in [-0.4, -0.2) is 31.8 Å². The van der Waals surface area contributed by atoms with Crippen molar-refractivity contribution < 1.29 is 19.0 Å². The third kappa shape index (κ3) is 2.83. The molecule has 114 valence electrons. The Bertz CT molecular complexity index is 541. The third-order valence-electron chi connectivity index (χ3n) is 3.87. The van der Waals surface area contributed by atoms with Crippen LogP contribution in [0.2, 0.25) is 0 Å². The van der Waals surface area contributed by atoms with Gasteiger partial charge >= 0.3 is 5.97 Å². The first kappa shape index (κ1) is 14.2. The highest BCUT2D eigenvalue weighted by atomic mass is 16.6. The molecule has 1 saturated carbocycles. The average Bonchev–Trinajstić information content (AvgIpc) is 3.30. The zero-order valence-electron chi connectivity index (χ0n) is 12.5. The van der Waals surface area contributed by atoms with Crippen LogP contribution in [0, 0.1) is 0 Å². The topological polar surface area (TPSA) is 56.8 Å². The van der Waals surface area contributed by atoms with Gasteiger partial charge in [-0.3, -0.25) is 5.32 Å². The number of hydrogen-bond donors (Lipinski definition) is 1. The maximum absolute atomic E-state index is 12.4. The van der Waals surface area contributed by atoms with Gasteiger partial charge in [0.1, 0.15) is 18.8 Å². The highest BCUT2D eigenvalue weighted by molar-refractivity contribution is 5.82. The van der Waals surface area contributed by atoms with Crippen molar-refractivity contribution >= 4 is 5.97 Å². The molecule has 2 aliphatic rings. The molecule has 1 aliphatic heterocycles. The molecule has 1 atom stereocenters. The van der Waals surface area contributed by atoms with E-state index in [9.17, 15) is 4.79 Å². The summed E-state index contributed by atoms with van der Waals surface area (Å²) >= 11 is 0. The quantitative estimate of drug-likeness (QED) is 0.841. The second-order valence-electron chi connectivity index (χ2n) is 5.62. The molecule has 1 heterocycles. The monoisotopic (exact) mass is 291 g/mol. The van der Waals surface area contributed by atoms with Gasteiger partial charge < -0.3 is 14.2 Å². The summed E-state index contributed by atoms with van der Waals surface area (Å²) in [5, 5.41) is 3.40. The van der Waals surface area contributed by atoms with Crippen molar-refractivity contribution in [2.24, 2.45) is 0 Å². The first-order chi connectivity index (χ1) is 10.1. The Hall–Kier alpha value is -1.75. The van der Waals surface area contributed by atoms with E-state index in [1.165, 1.54) is 0 Å². The molecule has 0 saturated heterocycles. The van der Waals surface area contributed by atoms with Gasteiger partial charge in [0.25, 0.3) is 0 Å². The molecular weight excluding hydrogens is 270 g/mol. The fourth-order valence-corrected chi connectivity index (χ4v) is 2.53. The standard InChI is InChI=1S/C16H21NO4/c1-3-19-15(18)16(2,17-12-5-6-12)11-4-7-13-14(10-11)21-9-8-20-13/h4,7,10,12,17H,3,5-6,8-9H2,1-2H3. The Morgan fingerprint density at radius 3 is 2.71 bits per heavy atom. The largest absolute Gasteiger partial charge is 0.486 e. The van der Waals surface area contributed by atoms with E-state index in [2.05, 4.69) is 5.32 Å². The van der Waals surface area contributed by atoms with Gasteiger partial charge in [0.15, 0.2) is 11.5 Å². The lowest BCUT2D eigenvalue weighted by atomic mass is 9.91. The minimum Gasteiger partial charge on any atom is -0.486 e. The lowest BCUT2D eigenvalue weighted by Gasteiger charge is -2.30. The summed E-state index contributed by atoms with van der Waals surface area (Å²) in [6, 6.07) is 6.02. The van der Waals surface area contributed by atoms with E-state index < -0.39 is 5.54 Å². The number of ether oxygens (including phenoxy) is 3. The second-order valence-corrected chi connectivity index (χ2v) is 5.62. The second kappa shape index (κ2) is 5.56. The van der Waals surface area contributed by atoms with Gasteiger partial charge in [-0.15, -0.1) is 0 Å². The Kier molecular flexibility index (Phi) is 3.76. The van der Waals surface area contributed by atoms with Gasteiger partial charge in [-0.1, -0.05) is 6.07 Å². The summed E-state index contributed by atoms with van der Waals surface area (Å²) in [7, 11) is 0. The van der Waals surface area contributed by atoms with E-state index in [4.69, 9.17) is 14.2 Å². The van der Waals surface area contributed by atoms with E-state index in [1.807, 2.05) is 32.0 Å². The summed E-state index contributed by atoms with van der Waals surface area (Å²) in [6.07, 6.45) is 2.19. The van der Waals surface area contributed by atoms with Crippen LogP contribution >= 0.6 is 0 Å². The van der Waals surface area contributed by atoms with E-state index in [0.29, 0.717) is 31.6 Å². The normalized spacial score (nSPS) is 19.7. The van der Waals surface area contributed by atoms with E-state index in [-0.39, 0.29) is 5.97 Å². The van der Waals surface area contributed by atoms with Gasteiger partial charge in [0.2, 0.25) is 0 Å². The number of rotatable bonds is 5. The summed E-state index contributed by atoms with van der Waals surface area (Å²) < 4.78 is 16.4. The fourth-order valence-electron chi connectivity index (χ4n) is 2.53. The molecule has 1 N–H and O–H groups in total. The van der Waals surface area contributed by atoms with Crippen molar-refractivity contribution in [1.29, 1.82) is 0 Å². The Morgan fingerprint density at radius 1 is 1.33 bits per heavy atom. The Labute approximate surface area is 124 Å². The van der Waals surface area contributed by atoms with Crippen LogP contribution in [-0.2, 0) is 15.1 Å². The van der Waals surface area contributed by atoms with Crippen LogP contribution in [0.4, 0.5) is 0 Å². The molecule has 21 heavy (non-hydrogen) atoms. The van der Waals surface area contributed by atoms with Crippen LogP contribution in [0.15, 0.2) is 18.2 Å². The number of nitrogens with one attached hydrogen (secondary N) is 1. The number of carbonyl (C=O) groups excluding carboxylic acids is 1. The molecule has 1 fully saturated rings. The van der Waals surface area contributed by atoms with Crippen molar-refractivity contribution in [3.05, 3.63) is 23.8 Å². The van der Waals surface area contributed by atoms with E-state index in [1.54, 1.807) is 0 Å². The molecular formula is C16H21NO4. The number of carbonyl (C=O) groups is 1. The molecule has 0 radical (unpaired) electrons. The Balaban J connectivity index is 1.93. The molecule has 1 aromatic rings. The highest BCUT2D eigenvalue weighted by Gasteiger charge is 2.41. The van der Waals surface area contributed by atoms with Gasteiger partial charge in [0.05, 0.1) is 6.61 Å². The number of esters is 1. The summed E-state index contributed by atoms with van der Waals surface area (Å²) in [5.41, 5.74) is -0.00962. The molecule has 5 nitrogen and oxygen atoms in total. The van der Waals surface area contributed by atoms with Crippen molar-refractivity contribution in [2.75, 3.05) is 19.8 Å². The van der Waals surface area contributed by atoms with Gasteiger partial charge in [-0.2, -0.15) is 0 Å². The minimum atomic E-state index is -0.854. The minimum absolute atomic E-state index is 0.256. The van der Waals surface area contributed by atoms with Crippen LogP contribution in [0.25, 0.3) is 0 Å². The number of fused-ring (bicyclic) bond motifs is 1. The lowest BCUT2D eigenvalue weighted by molar-refractivity contribution is -0.151. The molecule has 1 aromatic carbocycles. The van der Waals surface area contributed by atoms with E-state index in [0.717, 1.165) is 24.2 Å². The Morgan fingerprint density at radius 2 is 2.05 bits per heavy atom. The molecule has 5 heteroatoms. The predicted octanol–water partition coefficient (Wildman–Crippen LogP) is 1.99. The number of hydrogen-bond acceptors (Lipinski definition) is 5. The smallest absolute Gasteiger partial charge is 0.330 e. The fraction of sp³-hybridized carbons (Fsp3) is 0.562. The van der Waals surface area contributed by atoms with Crippen molar-refractivity contribution in [3.8, 4) is 11.5 Å². The zero-order chi connectivity index (χ0) is 14.9. The third-order valence-corrected chi connectivity index (χ3v) is 3.87. The first-order valence-electron chi connectivity index (χ1n) is 7.48. The zero-order valence-corrected chi connectivity index (χ0v) is 12.5.